The molecular weight excluding hydrogens is 236 g/mol. The molecule has 2 aromatic heterocycles. The number of aromatic nitrogens is 3. The molecule has 6 heteroatoms. The summed E-state index contributed by atoms with van der Waals surface area (Å²) < 4.78 is 10.5. The largest absolute Gasteiger partial charge is 0.496 e. The first kappa shape index (κ1) is 10.7. The van der Waals surface area contributed by atoms with Gasteiger partial charge in [0, 0.05) is 24.1 Å². The molecular formula is C11H14N4OS. The van der Waals surface area contributed by atoms with Crippen LogP contribution < -0.4 is 9.46 Å². The Morgan fingerprint density at radius 2 is 2.29 bits per heavy atom. The van der Waals surface area contributed by atoms with Gasteiger partial charge in [0.1, 0.15) is 5.75 Å². The molecule has 0 bridgehead atoms. The van der Waals surface area contributed by atoms with Gasteiger partial charge in [-0.3, -0.25) is 9.12 Å². The topological polar surface area (TPSA) is 51.5 Å². The molecule has 17 heavy (non-hydrogen) atoms. The summed E-state index contributed by atoms with van der Waals surface area (Å²) in [5.74, 6) is 2.32. The predicted molar refractivity (Wildman–Crippen MR) is 68.7 cm³/mol. The van der Waals surface area contributed by atoms with E-state index in [9.17, 15) is 0 Å². The highest BCUT2D eigenvalue weighted by molar-refractivity contribution is 7.99. The molecule has 0 amide bonds. The summed E-state index contributed by atoms with van der Waals surface area (Å²) in [6.07, 6.45) is 6.54. The van der Waals surface area contributed by atoms with Gasteiger partial charge in [-0.15, -0.1) is 10.2 Å². The predicted octanol–water partition coefficient (Wildman–Crippen LogP) is 2.31. The summed E-state index contributed by atoms with van der Waals surface area (Å²) >= 11 is 1.51. The van der Waals surface area contributed by atoms with Crippen LogP contribution in [0.3, 0.4) is 0 Å². The minimum Gasteiger partial charge on any atom is -0.496 e. The van der Waals surface area contributed by atoms with Crippen LogP contribution in [-0.2, 0) is 0 Å². The van der Waals surface area contributed by atoms with Gasteiger partial charge in [0.25, 0.3) is 0 Å². The molecule has 1 aliphatic carbocycles. The lowest BCUT2D eigenvalue weighted by Crippen LogP contribution is -1.97. The maximum atomic E-state index is 5.42. The first-order valence-electron chi connectivity index (χ1n) is 5.55. The van der Waals surface area contributed by atoms with Crippen molar-refractivity contribution in [2.75, 3.05) is 18.1 Å². The number of rotatable bonds is 4. The van der Waals surface area contributed by atoms with Crippen LogP contribution in [0.25, 0.3) is 5.65 Å². The Morgan fingerprint density at radius 1 is 1.47 bits per heavy atom. The van der Waals surface area contributed by atoms with Crippen LogP contribution in [0.1, 0.15) is 24.3 Å². The zero-order valence-corrected chi connectivity index (χ0v) is 10.6. The Hall–Kier alpha value is -1.43. The summed E-state index contributed by atoms with van der Waals surface area (Å²) in [6, 6.07) is 1.95. The number of nitrogens with zero attached hydrogens (tertiary/aromatic N) is 3. The zero-order valence-electron chi connectivity index (χ0n) is 9.80. The van der Waals surface area contributed by atoms with Crippen LogP contribution in [0.4, 0.5) is 5.95 Å². The van der Waals surface area contributed by atoms with Crippen LogP contribution in [0.5, 0.6) is 5.75 Å². The Bertz CT molecular complexity index is 550. The van der Waals surface area contributed by atoms with Gasteiger partial charge in [-0.25, -0.2) is 0 Å². The first-order valence-corrected chi connectivity index (χ1v) is 6.77. The molecule has 0 aromatic carbocycles. The van der Waals surface area contributed by atoms with E-state index < -0.39 is 0 Å². The zero-order chi connectivity index (χ0) is 11.8. The van der Waals surface area contributed by atoms with Gasteiger partial charge in [-0.2, -0.15) is 0 Å². The van der Waals surface area contributed by atoms with Gasteiger partial charge < -0.3 is 4.74 Å². The normalized spacial score (nSPS) is 15.2. The number of hydrogen-bond donors (Lipinski definition) is 1. The third-order valence-electron chi connectivity index (χ3n) is 2.97. The minimum absolute atomic E-state index is 0.638. The average Bonchev–Trinajstić information content (AvgIpc) is 3.12. The smallest absolute Gasteiger partial charge is 0.239 e. The molecule has 0 saturated heterocycles. The van der Waals surface area contributed by atoms with Crippen molar-refractivity contribution in [1.29, 1.82) is 0 Å². The Balaban J connectivity index is 2.14. The summed E-state index contributed by atoms with van der Waals surface area (Å²) in [6.45, 7) is 0. The first-order chi connectivity index (χ1) is 8.33. The number of methoxy groups -OCH3 is 1. The molecule has 90 valence electrons. The van der Waals surface area contributed by atoms with Gasteiger partial charge in [-0.1, -0.05) is 11.9 Å². The molecule has 2 heterocycles. The molecule has 1 N–H and O–H groups in total. The highest BCUT2D eigenvalue weighted by atomic mass is 32.2. The van der Waals surface area contributed by atoms with Gasteiger partial charge in [0.2, 0.25) is 5.95 Å². The van der Waals surface area contributed by atoms with E-state index >= 15 is 0 Å². The maximum absolute atomic E-state index is 5.42. The third-order valence-corrected chi connectivity index (χ3v) is 3.35. The van der Waals surface area contributed by atoms with Crippen molar-refractivity contribution >= 4 is 23.5 Å². The molecule has 1 aliphatic rings. The van der Waals surface area contributed by atoms with Gasteiger partial charge in [0.15, 0.2) is 5.65 Å². The molecule has 0 spiro atoms. The molecule has 0 radical (unpaired) electrons. The van der Waals surface area contributed by atoms with Gasteiger partial charge in [-0.05, 0) is 18.8 Å². The summed E-state index contributed by atoms with van der Waals surface area (Å²) in [5, 5.41) is 8.23. The third kappa shape index (κ3) is 1.82. The summed E-state index contributed by atoms with van der Waals surface area (Å²) in [5.41, 5.74) is 2.06. The maximum Gasteiger partial charge on any atom is 0.239 e. The van der Waals surface area contributed by atoms with Crippen molar-refractivity contribution in [3.63, 3.8) is 0 Å². The van der Waals surface area contributed by atoms with Crippen LogP contribution in [0.2, 0.25) is 0 Å². The monoisotopic (exact) mass is 250 g/mol. The number of pyridine rings is 1. The minimum atomic E-state index is 0.638. The number of nitrogens with one attached hydrogen (secondary N) is 1. The lowest BCUT2D eigenvalue weighted by Gasteiger charge is -2.08. The Labute approximate surface area is 104 Å². The van der Waals surface area contributed by atoms with Crippen molar-refractivity contribution in [3.05, 3.63) is 17.8 Å². The number of hydrogen-bond acceptors (Lipinski definition) is 5. The quantitative estimate of drug-likeness (QED) is 0.844. The van der Waals surface area contributed by atoms with E-state index in [2.05, 4.69) is 21.1 Å². The van der Waals surface area contributed by atoms with Crippen molar-refractivity contribution in [3.8, 4) is 5.75 Å². The van der Waals surface area contributed by atoms with Crippen LogP contribution in [0.15, 0.2) is 12.3 Å². The molecule has 0 unspecified atom stereocenters. The van der Waals surface area contributed by atoms with Crippen molar-refractivity contribution in [2.24, 2.45) is 0 Å². The molecule has 3 rings (SSSR count). The second kappa shape index (κ2) is 4.10. The molecule has 0 atom stereocenters. The standard InChI is InChI=1S/C11H14N4OS/c1-16-9-5-10-12-13-11(14-17-2)15(10)6-8(9)7-3-4-7/h5-7H,3-4H2,1-2H3,(H,13,14). The molecule has 2 aromatic rings. The van der Waals surface area contributed by atoms with Crippen molar-refractivity contribution < 1.29 is 4.74 Å². The lowest BCUT2D eigenvalue weighted by molar-refractivity contribution is 0.409. The summed E-state index contributed by atoms with van der Waals surface area (Å²) in [4.78, 5) is 0. The van der Waals surface area contributed by atoms with Gasteiger partial charge in [0.05, 0.1) is 7.11 Å². The van der Waals surface area contributed by atoms with E-state index in [1.165, 1.54) is 30.4 Å². The van der Waals surface area contributed by atoms with Crippen molar-refractivity contribution in [2.45, 2.75) is 18.8 Å². The van der Waals surface area contributed by atoms with Crippen LogP contribution >= 0.6 is 11.9 Å². The van der Waals surface area contributed by atoms with E-state index in [4.69, 9.17) is 4.74 Å². The van der Waals surface area contributed by atoms with Crippen molar-refractivity contribution in [1.82, 2.24) is 14.6 Å². The second-order valence-corrected chi connectivity index (χ2v) is 4.74. The molecule has 5 nitrogen and oxygen atoms in total. The average molecular weight is 250 g/mol. The fourth-order valence-corrected chi connectivity index (χ4v) is 2.29. The van der Waals surface area contributed by atoms with E-state index in [1.807, 2.05) is 16.7 Å². The number of fused-ring (bicyclic) bond motifs is 1. The van der Waals surface area contributed by atoms with Gasteiger partial charge >= 0.3 is 0 Å². The SMILES string of the molecule is COc1cc2nnc(NSC)n2cc1C1CC1. The van der Waals surface area contributed by atoms with E-state index in [0.717, 1.165) is 17.3 Å². The van der Waals surface area contributed by atoms with Crippen LogP contribution in [-0.4, -0.2) is 28.0 Å². The number of anilines is 1. The Kier molecular flexibility index (Phi) is 2.58. The molecule has 0 aliphatic heterocycles. The second-order valence-electron chi connectivity index (χ2n) is 4.13. The van der Waals surface area contributed by atoms with E-state index in [-0.39, 0.29) is 0 Å². The fourth-order valence-electron chi connectivity index (χ4n) is 1.97. The molecule has 1 saturated carbocycles. The summed E-state index contributed by atoms with van der Waals surface area (Å²) in [7, 11) is 1.70. The van der Waals surface area contributed by atoms with E-state index in [0.29, 0.717) is 5.92 Å². The number of ether oxygens (including phenoxy) is 1. The lowest BCUT2D eigenvalue weighted by atomic mass is 10.1. The van der Waals surface area contributed by atoms with E-state index in [1.54, 1.807) is 7.11 Å². The fraction of sp³-hybridized carbons (Fsp3) is 0.455. The molecule has 1 fully saturated rings. The highest BCUT2D eigenvalue weighted by Gasteiger charge is 2.28. The Morgan fingerprint density at radius 3 is 2.94 bits per heavy atom. The highest BCUT2D eigenvalue weighted by Crippen LogP contribution is 2.44. The van der Waals surface area contributed by atoms with Crippen LogP contribution in [0, 0.1) is 0 Å².